The summed E-state index contributed by atoms with van der Waals surface area (Å²) in [6, 6.07) is 0.449. The Labute approximate surface area is 111 Å². The van der Waals surface area contributed by atoms with Crippen molar-refractivity contribution in [2.45, 2.75) is 70.9 Å². The molecule has 1 saturated heterocycles. The number of carbonyl (C=O) groups excluding carboxylic acids is 1. The lowest BCUT2D eigenvalue weighted by Crippen LogP contribution is -2.55. The van der Waals surface area contributed by atoms with Crippen molar-refractivity contribution >= 4 is 5.91 Å². The Hall–Kier alpha value is -0.570. The number of nitrogens with one attached hydrogen (secondary N) is 1. The van der Waals surface area contributed by atoms with Crippen molar-refractivity contribution < 1.29 is 4.79 Å². The van der Waals surface area contributed by atoms with Crippen LogP contribution in [0.15, 0.2) is 0 Å². The molecule has 104 valence electrons. The van der Waals surface area contributed by atoms with Crippen LogP contribution in [0, 0.1) is 5.41 Å². The Morgan fingerprint density at radius 2 is 1.78 bits per heavy atom. The molecule has 1 aliphatic carbocycles. The summed E-state index contributed by atoms with van der Waals surface area (Å²) in [4.78, 5) is 14.6. The molecule has 0 radical (unpaired) electrons. The summed E-state index contributed by atoms with van der Waals surface area (Å²) in [7, 11) is 2.00. The van der Waals surface area contributed by atoms with Crippen molar-refractivity contribution in [2.75, 3.05) is 13.6 Å². The first-order chi connectivity index (χ1) is 8.34. The minimum absolute atomic E-state index is 0.296. The molecule has 0 aromatic heterocycles. The van der Waals surface area contributed by atoms with E-state index in [0.29, 0.717) is 17.4 Å². The summed E-state index contributed by atoms with van der Waals surface area (Å²) in [6.07, 6.45) is 6.89. The van der Waals surface area contributed by atoms with Crippen molar-refractivity contribution in [1.82, 2.24) is 10.2 Å². The first-order valence-corrected chi connectivity index (χ1v) is 7.36. The van der Waals surface area contributed by atoms with Gasteiger partial charge in [0.05, 0.1) is 5.54 Å². The largest absolute Gasteiger partial charge is 0.341 e. The standard InChI is InChI=1S/C15H28N2O/c1-14(2)9-6-12(7-10-14)17(4)13(18)15(3)8-5-11-16-15/h12,16H,5-11H2,1-4H3. The van der Waals surface area contributed by atoms with Gasteiger partial charge in [-0.1, -0.05) is 13.8 Å². The topological polar surface area (TPSA) is 32.3 Å². The van der Waals surface area contributed by atoms with E-state index in [9.17, 15) is 4.79 Å². The van der Waals surface area contributed by atoms with Crippen LogP contribution in [0.25, 0.3) is 0 Å². The first-order valence-electron chi connectivity index (χ1n) is 7.36. The van der Waals surface area contributed by atoms with Crippen LogP contribution < -0.4 is 5.32 Å². The maximum atomic E-state index is 12.6. The smallest absolute Gasteiger partial charge is 0.242 e. The fraction of sp³-hybridized carbons (Fsp3) is 0.933. The van der Waals surface area contributed by atoms with Gasteiger partial charge in [-0.2, -0.15) is 0 Å². The Morgan fingerprint density at radius 3 is 2.28 bits per heavy atom. The monoisotopic (exact) mass is 252 g/mol. The molecular weight excluding hydrogens is 224 g/mol. The summed E-state index contributed by atoms with van der Waals surface area (Å²) in [5.74, 6) is 0.296. The summed E-state index contributed by atoms with van der Waals surface area (Å²) in [5, 5.41) is 3.38. The van der Waals surface area contributed by atoms with E-state index in [0.717, 1.165) is 32.2 Å². The van der Waals surface area contributed by atoms with Gasteiger partial charge in [-0.15, -0.1) is 0 Å². The minimum Gasteiger partial charge on any atom is -0.341 e. The fourth-order valence-electron chi connectivity index (χ4n) is 3.40. The third kappa shape index (κ3) is 2.71. The SMILES string of the molecule is CN(C(=O)C1(C)CCCN1)C1CCC(C)(C)CC1. The molecule has 2 rings (SSSR count). The maximum Gasteiger partial charge on any atom is 0.242 e. The number of hydrogen-bond acceptors (Lipinski definition) is 2. The molecule has 3 nitrogen and oxygen atoms in total. The fourth-order valence-corrected chi connectivity index (χ4v) is 3.40. The highest BCUT2D eigenvalue weighted by Gasteiger charge is 2.40. The molecule has 3 heteroatoms. The molecule has 1 atom stereocenters. The van der Waals surface area contributed by atoms with Gasteiger partial charge in [0.2, 0.25) is 5.91 Å². The normalized spacial score (nSPS) is 32.4. The van der Waals surface area contributed by atoms with Crippen LogP contribution in [0.2, 0.25) is 0 Å². The molecule has 1 amide bonds. The quantitative estimate of drug-likeness (QED) is 0.819. The average molecular weight is 252 g/mol. The molecule has 0 aromatic carbocycles. The molecule has 0 spiro atoms. The molecule has 0 bridgehead atoms. The number of hydrogen-bond donors (Lipinski definition) is 1. The van der Waals surface area contributed by atoms with Crippen molar-refractivity contribution in [2.24, 2.45) is 5.41 Å². The molecule has 1 N–H and O–H groups in total. The first kappa shape index (κ1) is 13.9. The van der Waals surface area contributed by atoms with E-state index in [1.54, 1.807) is 0 Å². The second-order valence-electron chi connectivity index (χ2n) is 7.17. The van der Waals surface area contributed by atoms with Crippen LogP contribution in [0.1, 0.15) is 59.3 Å². The summed E-state index contributed by atoms with van der Waals surface area (Å²) >= 11 is 0. The predicted octanol–water partition coefficient (Wildman–Crippen LogP) is 2.56. The minimum atomic E-state index is -0.304. The van der Waals surface area contributed by atoms with Gasteiger partial charge < -0.3 is 10.2 Å². The van der Waals surface area contributed by atoms with Gasteiger partial charge in [0.15, 0.2) is 0 Å². The van der Waals surface area contributed by atoms with Crippen LogP contribution in [0.4, 0.5) is 0 Å². The zero-order valence-corrected chi connectivity index (χ0v) is 12.4. The molecule has 1 unspecified atom stereocenters. The molecule has 18 heavy (non-hydrogen) atoms. The molecule has 1 aliphatic heterocycles. The van der Waals surface area contributed by atoms with Crippen LogP contribution in [-0.2, 0) is 4.79 Å². The summed E-state index contributed by atoms with van der Waals surface area (Å²) in [5.41, 5.74) is 0.164. The van der Waals surface area contributed by atoms with Gasteiger partial charge >= 0.3 is 0 Å². The van der Waals surface area contributed by atoms with E-state index in [4.69, 9.17) is 0 Å². The Balaban J connectivity index is 1.95. The third-order valence-electron chi connectivity index (χ3n) is 5.02. The summed E-state index contributed by atoms with van der Waals surface area (Å²) < 4.78 is 0. The number of likely N-dealkylation sites (N-methyl/N-ethyl adjacent to an activating group) is 1. The van der Waals surface area contributed by atoms with Gasteiger partial charge in [0, 0.05) is 13.1 Å². The Bertz CT molecular complexity index is 308. The lowest BCUT2D eigenvalue weighted by molar-refractivity contribution is -0.139. The highest BCUT2D eigenvalue weighted by atomic mass is 16.2. The van der Waals surface area contributed by atoms with Gasteiger partial charge in [0.1, 0.15) is 0 Å². The van der Waals surface area contributed by atoms with Crippen LogP contribution in [0.5, 0.6) is 0 Å². The van der Waals surface area contributed by atoms with Crippen LogP contribution in [-0.4, -0.2) is 36.0 Å². The summed E-state index contributed by atoms with van der Waals surface area (Å²) in [6.45, 7) is 7.72. The van der Waals surface area contributed by atoms with Gasteiger partial charge in [-0.25, -0.2) is 0 Å². The third-order valence-corrected chi connectivity index (χ3v) is 5.02. The average Bonchev–Trinajstić information content (AvgIpc) is 2.75. The highest BCUT2D eigenvalue weighted by molar-refractivity contribution is 5.86. The number of nitrogens with zero attached hydrogens (tertiary/aromatic N) is 1. The van der Waals surface area contributed by atoms with E-state index in [1.165, 1.54) is 12.8 Å². The highest BCUT2D eigenvalue weighted by Crippen LogP contribution is 2.37. The van der Waals surface area contributed by atoms with Crippen molar-refractivity contribution in [3.63, 3.8) is 0 Å². The number of rotatable bonds is 2. The zero-order chi connectivity index (χ0) is 13.4. The second kappa shape index (κ2) is 4.84. The second-order valence-corrected chi connectivity index (χ2v) is 7.17. The van der Waals surface area contributed by atoms with E-state index >= 15 is 0 Å². The van der Waals surface area contributed by atoms with E-state index in [2.05, 4.69) is 26.1 Å². The zero-order valence-electron chi connectivity index (χ0n) is 12.4. The molecule has 2 aliphatic rings. The molecule has 1 saturated carbocycles. The molecule has 1 heterocycles. The number of carbonyl (C=O) groups is 1. The lowest BCUT2D eigenvalue weighted by Gasteiger charge is -2.41. The van der Waals surface area contributed by atoms with Crippen LogP contribution in [0.3, 0.4) is 0 Å². The van der Waals surface area contributed by atoms with E-state index < -0.39 is 0 Å². The lowest BCUT2D eigenvalue weighted by atomic mass is 9.75. The van der Waals surface area contributed by atoms with Crippen LogP contribution >= 0.6 is 0 Å². The van der Waals surface area contributed by atoms with Crippen molar-refractivity contribution in [3.05, 3.63) is 0 Å². The molecule has 0 aromatic rings. The Morgan fingerprint density at radius 1 is 1.17 bits per heavy atom. The molecule has 2 fully saturated rings. The molecular formula is C15H28N2O. The van der Waals surface area contributed by atoms with Gasteiger partial charge in [-0.3, -0.25) is 4.79 Å². The van der Waals surface area contributed by atoms with Gasteiger partial charge in [0.25, 0.3) is 0 Å². The van der Waals surface area contributed by atoms with Crippen molar-refractivity contribution in [3.8, 4) is 0 Å². The Kier molecular flexibility index (Phi) is 3.72. The van der Waals surface area contributed by atoms with Crippen molar-refractivity contribution in [1.29, 1.82) is 0 Å². The maximum absolute atomic E-state index is 12.6. The predicted molar refractivity (Wildman–Crippen MR) is 74.4 cm³/mol. The van der Waals surface area contributed by atoms with E-state index in [1.807, 2.05) is 11.9 Å². The number of amides is 1. The van der Waals surface area contributed by atoms with Gasteiger partial charge in [-0.05, 0) is 57.4 Å². The van der Waals surface area contributed by atoms with E-state index in [-0.39, 0.29) is 5.54 Å².